The van der Waals surface area contributed by atoms with Crippen molar-refractivity contribution in [2.24, 2.45) is 12.2 Å². The van der Waals surface area contributed by atoms with Gasteiger partial charge in [-0.25, -0.2) is 4.68 Å². The summed E-state index contributed by atoms with van der Waals surface area (Å²) in [6, 6.07) is 7.86. The van der Waals surface area contributed by atoms with E-state index in [-0.39, 0.29) is 0 Å². The SMILES string of the molecule is CCCc1nnsc1CO/N=C/c1c(C)nn(C)c1Oc1ccccc1C. The highest BCUT2D eigenvalue weighted by atomic mass is 32.1. The van der Waals surface area contributed by atoms with Crippen LogP contribution in [0.25, 0.3) is 0 Å². The van der Waals surface area contributed by atoms with E-state index in [4.69, 9.17) is 9.57 Å². The summed E-state index contributed by atoms with van der Waals surface area (Å²) in [5.74, 6) is 1.41. The van der Waals surface area contributed by atoms with Gasteiger partial charge in [-0.2, -0.15) is 5.10 Å². The van der Waals surface area contributed by atoms with Crippen LogP contribution in [0.3, 0.4) is 0 Å². The molecule has 1 aromatic carbocycles. The third-order valence-corrected chi connectivity index (χ3v) is 4.82. The van der Waals surface area contributed by atoms with Gasteiger partial charge in [-0.3, -0.25) is 0 Å². The summed E-state index contributed by atoms with van der Waals surface area (Å²) in [5.41, 5.74) is 3.65. The van der Waals surface area contributed by atoms with Crippen molar-refractivity contribution in [2.45, 2.75) is 40.2 Å². The Balaban J connectivity index is 1.72. The first-order valence-corrected chi connectivity index (χ1v) is 9.60. The number of para-hydroxylation sites is 1. The maximum atomic E-state index is 6.08. The lowest BCUT2D eigenvalue weighted by molar-refractivity contribution is 0.133. The minimum absolute atomic E-state index is 0.358. The monoisotopic (exact) mass is 385 g/mol. The van der Waals surface area contributed by atoms with Crippen molar-refractivity contribution in [3.8, 4) is 11.6 Å². The Morgan fingerprint density at radius 2 is 2.07 bits per heavy atom. The van der Waals surface area contributed by atoms with Crippen LogP contribution in [-0.2, 0) is 24.9 Å². The third kappa shape index (κ3) is 4.51. The zero-order valence-electron chi connectivity index (χ0n) is 16.0. The Hall–Kier alpha value is -2.74. The fraction of sp³-hybridized carbons (Fsp3) is 0.368. The molecule has 0 saturated heterocycles. The molecule has 7 nitrogen and oxygen atoms in total. The summed E-state index contributed by atoms with van der Waals surface area (Å²) >= 11 is 1.35. The minimum Gasteiger partial charge on any atom is -0.438 e. The molecule has 0 unspecified atom stereocenters. The molecule has 0 spiro atoms. The van der Waals surface area contributed by atoms with Crippen molar-refractivity contribution >= 4 is 17.7 Å². The summed E-state index contributed by atoms with van der Waals surface area (Å²) in [6.45, 7) is 6.39. The summed E-state index contributed by atoms with van der Waals surface area (Å²) in [6.07, 6.45) is 3.56. The average molecular weight is 385 g/mol. The van der Waals surface area contributed by atoms with Gasteiger partial charge >= 0.3 is 0 Å². The largest absolute Gasteiger partial charge is 0.438 e. The minimum atomic E-state index is 0.358. The summed E-state index contributed by atoms with van der Waals surface area (Å²) in [7, 11) is 1.85. The van der Waals surface area contributed by atoms with Crippen molar-refractivity contribution < 1.29 is 9.57 Å². The number of hydrogen-bond donors (Lipinski definition) is 0. The van der Waals surface area contributed by atoms with Crippen molar-refractivity contribution in [1.82, 2.24) is 19.4 Å². The standard InChI is InChI=1S/C19H23N5O2S/c1-5-8-16-18(27-23-21-16)12-25-20-11-15-14(3)22-24(4)19(15)26-17-10-7-6-9-13(17)2/h6-7,9-11H,5,8,12H2,1-4H3/b20-11+. The first-order valence-electron chi connectivity index (χ1n) is 8.82. The van der Waals surface area contributed by atoms with Gasteiger partial charge in [0.2, 0.25) is 5.88 Å². The summed E-state index contributed by atoms with van der Waals surface area (Å²) in [5, 5.41) is 12.7. The van der Waals surface area contributed by atoms with E-state index >= 15 is 0 Å². The van der Waals surface area contributed by atoms with E-state index in [0.29, 0.717) is 12.5 Å². The van der Waals surface area contributed by atoms with Crippen LogP contribution in [0.15, 0.2) is 29.4 Å². The second-order valence-corrected chi connectivity index (χ2v) is 7.03. The first kappa shape index (κ1) is 19.0. The molecule has 0 radical (unpaired) electrons. The summed E-state index contributed by atoms with van der Waals surface area (Å²) in [4.78, 5) is 6.48. The van der Waals surface area contributed by atoms with Gasteiger partial charge < -0.3 is 9.57 Å². The van der Waals surface area contributed by atoms with Gasteiger partial charge in [-0.15, -0.1) is 5.10 Å². The molecule has 0 aliphatic heterocycles. The van der Waals surface area contributed by atoms with Gasteiger partial charge in [0.25, 0.3) is 0 Å². The highest BCUT2D eigenvalue weighted by molar-refractivity contribution is 7.05. The van der Waals surface area contributed by atoms with E-state index in [1.54, 1.807) is 10.9 Å². The lowest BCUT2D eigenvalue weighted by Crippen LogP contribution is -1.98. The van der Waals surface area contributed by atoms with Crippen LogP contribution in [0.2, 0.25) is 0 Å². The van der Waals surface area contributed by atoms with Crippen LogP contribution < -0.4 is 4.74 Å². The van der Waals surface area contributed by atoms with Crippen molar-refractivity contribution in [3.05, 3.63) is 51.7 Å². The average Bonchev–Trinajstić information content (AvgIpc) is 3.19. The van der Waals surface area contributed by atoms with E-state index in [1.807, 2.05) is 45.2 Å². The molecule has 0 N–H and O–H groups in total. The zero-order chi connectivity index (χ0) is 19.2. The van der Waals surface area contributed by atoms with E-state index in [9.17, 15) is 0 Å². The maximum Gasteiger partial charge on any atom is 0.226 e. The molecule has 3 aromatic rings. The molecule has 0 saturated carbocycles. The molecule has 3 rings (SSSR count). The van der Waals surface area contributed by atoms with Crippen molar-refractivity contribution in [2.75, 3.05) is 0 Å². The molecule has 27 heavy (non-hydrogen) atoms. The predicted octanol–water partition coefficient (Wildman–Crippen LogP) is 4.18. The van der Waals surface area contributed by atoms with Gasteiger partial charge in [0.05, 0.1) is 28.0 Å². The zero-order valence-corrected chi connectivity index (χ0v) is 16.8. The predicted molar refractivity (Wildman–Crippen MR) is 105 cm³/mol. The molecule has 0 atom stereocenters. The smallest absolute Gasteiger partial charge is 0.226 e. The Morgan fingerprint density at radius 3 is 2.85 bits per heavy atom. The quantitative estimate of drug-likeness (QED) is 0.429. The summed E-state index contributed by atoms with van der Waals surface area (Å²) < 4.78 is 11.8. The van der Waals surface area contributed by atoms with Gasteiger partial charge in [0.15, 0.2) is 6.61 Å². The number of aryl methyl sites for hydroxylation is 4. The Kier molecular flexibility index (Phi) is 6.18. The number of benzene rings is 1. The van der Waals surface area contributed by atoms with Crippen LogP contribution in [0.5, 0.6) is 11.6 Å². The third-order valence-electron chi connectivity index (χ3n) is 4.09. The molecular weight excluding hydrogens is 362 g/mol. The molecule has 8 heteroatoms. The Bertz CT molecular complexity index is 932. The molecule has 2 heterocycles. The van der Waals surface area contributed by atoms with E-state index in [2.05, 4.69) is 26.8 Å². The van der Waals surface area contributed by atoms with Crippen LogP contribution in [-0.4, -0.2) is 25.6 Å². The highest BCUT2D eigenvalue weighted by Gasteiger charge is 2.15. The molecule has 0 aliphatic rings. The van der Waals surface area contributed by atoms with Crippen LogP contribution in [0, 0.1) is 13.8 Å². The van der Waals surface area contributed by atoms with Gasteiger partial charge in [0, 0.05) is 7.05 Å². The fourth-order valence-electron chi connectivity index (χ4n) is 2.65. The van der Waals surface area contributed by atoms with Crippen LogP contribution >= 0.6 is 11.5 Å². The number of hydrogen-bond acceptors (Lipinski definition) is 7. The van der Waals surface area contributed by atoms with Gasteiger partial charge in [-0.05, 0) is 43.4 Å². The van der Waals surface area contributed by atoms with Crippen LogP contribution in [0.4, 0.5) is 0 Å². The number of aromatic nitrogens is 4. The molecule has 0 bridgehead atoms. The number of oxime groups is 1. The van der Waals surface area contributed by atoms with Crippen molar-refractivity contribution in [3.63, 3.8) is 0 Å². The van der Waals surface area contributed by atoms with Crippen LogP contribution in [0.1, 0.15) is 40.7 Å². The second-order valence-electron chi connectivity index (χ2n) is 6.20. The Morgan fingerprint density at radius 1 is 1.26 bits per heavy atom. The highest BCUT2D eigenvalue weighted by Crippen LogP contribution is 2.28. The number of nitrogens with zero attached hydrogens (tertiary/aromatic N) is 5. The molecule has 0 fully saturated rings. The van der Waals surface area contributed by atoms with E-state index in [1.165, 1.54) is 11.5 Å². The molecule has 2 aromatic heterocycles. The Labute approximate surface area is 162 Å². The second kappa shape index (κ2) is 8.77. The van der Waals surface area contributed by atoms with Gasteiger partial charge in [0.1, 0.15) is 5.75 Å². The lowest BCUT2D eigenvalue weighted by Gasteiger charge is -2.09. The number of rotatable bonds is 8. The molecule has 0 amide bonds. The molecule has 0 aliphatic carbocycles. The topological polar surface area (TPSA) is 74.4 Å². The van der Waals surface area contributed by atoms with Crippen molar-refractivity contribution in [1.29, 1.82) is 0 Å². The molecular formula is C19H23N5O2S. The first-order chi connectivity index (χ1) is 13.1. The van der Waals surface area contributed by atoms with E-state index in [0.717, 1.165) is 46.0 Å². The fourth-order valence-corrected chi connectivity index (χ4v) is 3.24. The molecule has 142 valence electrons. The normalized spacial score (nSPS) is 11.3. The number of ether oxygens (including phenoxy) is 1. The lowest BCUT2D eigenvalue weighted by atomic mass is 10.2. The van der Waals surface area contributed by atoms with E-state index < -0.39 is 0 Å². The maximum absolute atomic E-state index is 6.08. The van der Waals surface area contributed by atoms with Gasteiger partial charge in [-0.1, -0.05) is 41.2 Å².